The molecule has 0 spiro atoms. The molecule has 61 heavy (non-hydrogen) atoms. The lowest BCUT2D eigenvalue weighted by Crippen LogP contribution is -2.36. The summed E-state index contributed by atoms with van der Waals surface area (Å²) < 4.78 is 12.8. The smallest absolute Gasteiger partial charge is 0.123 e. The fraction of sp³-hybridized carbons (Fsp3) is 0.714. The van der Waals surface area contributed by atoms with Gasteiger partial charge in [-0.3, -0.25) is 10.6 Å². The van der Waals surface area contributed by atoms with Gasteiger partial charge in [0.05, 0.1) is 13.2 Å². The van der Waals surface area contributed by atoms with Gasteiger partial charge in [-0.1, -0.05) is 243 Å². The van der Waals surface area contributed by atoms with Crippen LogP contribution in [0.3, 0.4) is 0 Å². The first-order chi connectivity index (χ1) is 30.2. The summed E-state index contributed by atoms with van der Waals surface area (Å²) in [6, 6.07) is 21.9. The van der Waals surface area contributed by atoms with Gasteiger partial charge in [0.15, 0.2) is 0 Å². The molecule has 2 N–H and O–H groups in total. The number of rotatable bonds is 43. The summed E-state index contributed by atoms with van der Waals surface area (Å²) in [6.07, 6.45) is 44.3. The van der Waals surface area contributed by atoms with Gasteiger partial charge in [0.1, 0.15) is 17.0 Å². The third-order valence-electron chi connectivity index (χ3n) is 12.5. The Morgan fingerprint density at radius 3 is 1.23 bits per heavy atom. The van der Waals surface area contributed by atoms with E-state index in [0.29, 0.717) is 0 Å². The van der Waals surface area contributed by atoms with Crippen LogP contribution in [0, 0.1) is 0 Å². The summed E-state index contributed by atoms with van der Waals surface area (Å²) in [5.41, 5.74) is 2.69. The highest BCUT2D eigenvalue weighted by atomic mass is 32.2. The molecule has 0 heterocycles. The lowest BCUT2D eigenvalue weighted by atomic mass is 10.0. The molecule has 1 atom stereocenters. The fourth-order valence-corrected chi connectivity index (χ4v) is 9.44. The predicted octanol–water partition coefficient (Wildman–Crippen LogP) is 17.6. The highest BCUT2D eigenvalue weighted by Crippen LogP contribution is 2.28. The Balaban J connectivity index is 1.33. The number of hydrogen-bond donors (Lipinski definition) is 2. The fourth-order valence-electron chi connectivity index (χ4n) is 8.54. The third kappa shape index (κ3) is 28.3. The average molecular weight is 859 g/mol. The van der Waals surface area contributed by atoms with Crippen LogP contribution in [0.1, 0.15) is 230 Å². The van der Waals surface area contributed by atoms with E-state index < -0.39 is 0 Å². The Bertz CT molecular complexity index is 1370. The van der Waals surface area contributed by atoms with E-state index in [1.54, 1.807) is 0 Å². The highest BCUT2D eigenvalue weighted by molar-refractivity contribution is 7.99. The molecule has 0 aliphatic heterocycles. The zero-order valence-corrected chi connectivity index (χ0v) is 40.8. The van der Waals surface area contributed by atoms with Crippen molar-refractivity contribution >= 4 is 22.5 Å². The van der Waals surface area contributed by atoms with Crippen molar-refractivity contribution in [1.29, 1.82) is 0 Å². The summed E-state index contributed by atoms with van der Waals surface area (Å²) in [5.74, 6) is 2.78. The molecule has 0 fully saturated rings. The number of nitrogens with one attached hydrogen (secondary N) is 2. The number of hydrogen-bond acceptors (Lipinski definition) is 5. The number of fused-ring (bicyclic) bond motifs is 1. The molecule has 0 saturated heterocycles. The number of thioether (sulfide) groups is 1. The Hall–Kier alpha value is -2.21. The van der Waals surface area contributed by atoms with E-state index in [1.165, 1.54) is 215 Å². The van der Waals surface area contributed by atoms with Crippen molar-refractivity contribution in [2.75, 3.05) is 20.3 Å². The van der Waals surface area contributed by atoms with Gasteiger partial charge in [0, 0.05) is 18.4 Å². The molecule has 0 saturated carbocycles. The van der Waals surface area contributed by atoms with Crippen molar-refractivity contribution in [2.24, 2.45) is 0 Å². The number of benzene rings is 3. The largest absolute Gasteiger partial charge is 0.493 e. The predicted molar refractivity (Wildman–Crippen MR) is 271 cm³/mol. The van der Waals surface area contributed by atoms with Crippen molar-refractivity contribution in [3.05, 3.63) is 71.8 Å². The van der Waals surface area contributed by atoms with Crippen LogP contribution in [-0.4, -0.2) is 25.8 Å². The minimum absolute atomic E-state index is 0.135. The molecule has 0 amide bonds. The quantitative estimate of drug-likeness (QED) is 0.0438. The van der Waals surface area contributed by atoms with Crippen LogP contribution in [0.2, 0.25) is 0 Å². The standard InChI is InChI=1S/C56H94N2O2S/c1-4-6-8-10-12-14-16-18-20-22-24-26-28-30-32-36-42-59-54-45-51(49-61-56(57-3)58-48-50-40-41-52-38-34-35-39-53(52)44-50)46-55(47-54)60-43-37-33-31-29-27-25-23-21-19-17-15-13-11-9-7-5-2/h34-35,38-41,44-47,56-58H,4-33,36-37,42-43,48-49H2,1-3H3. The van der Waals surface area contributed by atoms with Gasteiger partial charge >= 0.3 is 0 Å². The monoisotopic (exact) mass is 859 g/mol. The van der Waals surface area contributed by atoms with Gasteiger partial charge in [0.25, 0.3) is 0 Å². The first kappa shape index (κ1) is 53.1. The van der Waals surface area contributed by atoms with Gasteiger partial charge in [-0.05, 0) is 60.0 Å². The summed E-state index contributed by atoms with van der Waals surface area (Å²) in [6.45, 7) is 6.98. The van der Waals surface area contributed by atoms with Crippen LogP contribution in [0.4, 0.5) is 0 Å². The van der Waals surface area contributed by atoms with E-state index in [-0.39, 0.29) is 5.50 Å². The van der Waals surface area contributed by atoms with Crippen LogP contribution < -0.4 is 20.1 Å². The Morgan fingerprint density at radius 2 is 0.820 bits per heavy atom. The topological polar surface area (TPSA) is 42.5 Å². The van der Waals surface area contributed by atoms with E-state index in [1.807, 2.05) is 18.8 Å². The molecule has 5 heteroatoms. The highest BCUT2D eigenvalue weighted by Gasteiger charge is 2.10. The van der Waals surface area contributed by atoms with E-state index in [0.717, 1.165) is 49.9 Å². The van der Waals surface area contributed by atoms with Gasteiger partial charge in [-0.2, -0.15) is 0 Å². The maximum absolute atomic E-state index is 6.40. The zero-order valence-electron chi connectivity index (χ0n) is 40.0. The minimum Gasteiger partial charge on any atom is -0.493 e. The lowest BCUT2D eigenvalue weighted by Gasteiger charge is -2.19. The Kier molecular flexibility index (Phi) is 33.3. The van der Waals surface area contributed by atoms with Crippen molar-refractivity contribution in [1.82, 2.24) is 10.6 Å². The second-order valence-electron chi connectivity index (χ2n) is 18.2. The molecular weight excluding hydrogens is 765 g/mol. The van der Waals surface area contributed by atoms with Crippen molar-refractivity contribution in [3.8, 4) is 11.5 Å². The van der Waals surface area contributed by atoms with Gasteiger partial charge in [-0.15, -0.1) is 11.8 Å². The van der Waals surface area contributed by atoms with Gasteiger partial charge in [0.2, 0.25) is 0 Å². The van der Waals surface area contributed by atoms with Crippen LogP contribution in [0.5, 0.6) is 11.5 Å². The maximum Gasteiger partial charge on any atom is 0.123 e. The summed E-state index contributed by atoms with van der Waals surface area (Å²) in [7, 11) is 2.04. The van der Waals surface area contributed by atoms with Gasteiger partial charge < -0.3 is 9.47 Å². The molecule has 0 radical (unpaired) electrons. The molecular formula is C56H94N2O2S. The Morgan fingerprint density at radius 1 is 0.426 bits per heavy atom. The molecule has 0 aliphatic carbocycles. The summed E-state index contributed by atoms with van der Waals surface area (Å²) >= 11 is 1.88. The average Bonchev–Trinajstić information content (AvgIpc) is 3.28. The summed E-state index contributed by atoms with van der Waals surface area (Å²) in [5, 5.41) is 9.76. The van der Waals surface area contributed by atoms with Crippen molar-refractivity contribution in [3.63, 3.8) is 0 Å². The van der Waals surface area contributed by atoms with Crippen LogP contribution >= 0.6 is 11.8 Å². The molecule has 346 valence electrons. The first-order valence-electron chi connectivity index (χ1n) is 26.1. The van der Waals surface area contributed by atoms with Crippen LogP contribution in [-0.2, 0) is 12.3 Å². The molecule has 0 bridgehead atoms. The molecule has 1 unspecified atom stereocenters. The number of unbranched alkanes of at least 4 members (excludes halogenated alkanes) is 30. The zero-order chi connectivity index (χ0) is 43.1. The molecule has 3 rings (SSSR count). The second kappa shape index (κ2) is 38.3. The van der Waals surface area contributed by atoms with Crippen molar-refractivity contribution < 1.29 is 9.47 Å². The molecule has 0 aromatic heterocycles. The molecule has 3 aromatic rings. The van der Waals surface area contributed by atoms with E-state index >= 15 is 0 Å². The lowest BCUT2D eigenvalue weighted by molar-refractivity contribution is 0.289. The van der Waals surface area contributed by atoms with E-state index in [2.05, 4.69) is 85.1 Å². The summed E-state index contributed by atoms with van der Waals surface area (Å²) in [4.78, 5) is 0. The second-order valence-corrected chi connectivity index (χ2v) is 19.3. The van der Waals surface area contributed by atoms with Gasteiger partial charge in [-0.25, -0.2) is 0 Å². The van der Waals surface area contributed by atoms with Crippen molar-refractivity contribution in [2.45, 2.75) is 237 Å². The SMILES string of the molecule is CCCCCCCCCCCCCCCCCCOc1cc(CSC(NC)NCc2ccc3ccccc3c2)cc(OCCCCCCCCCCCCCCCCCC)c1. The number of ether oxygens (including phenoxy) is 2. The minimum atomic E-state index is 0.135. The Labute approximate surface area is 381 Å². The molecule has 4 nitrogen and oxygen atoms in total. The van der Waals surface area contributed by atoms with E-state index in [4.69, 9.17) is 9.47 Å². The normalized spacial score (nSPS) is 12.0. The van der Waals surface area contributed by atoms with Crippen LogP contribution in [0.25, 0.3) is 10.8 Å². The van der Waals surface area contributed by atoms with Crippen LogP contribution in [0.15, 0.2) is 60.7 Å². The first-order valence-corrected chi connectivity index (χ1v) is 27.2. The molecule has 0 aliphatic rings. The third-order valence-corrected chi connectivity index (χ3v) is 13.7. The van der Waals surface area contributed by atoms with E-state index in [9.17, 15) is 0 Å². The maximum atomic E-state index is 6.40. The molecule has 3 aromatic carbocycles.